The normalized spacial score (nSPS) is 23.5. The lowest BCUT2D eigenvalue weighted by Gasteiger charge is -2.26. The van der Waals surface area contributed by atoms with Gasteiger partial charge in [0.25, 0.3) is 0 Å². The molecule has 1 aliphatic heterocycles. The Labute approximate surface area is 142 Å². The van der Waals surface area contributed by atoms with Gasteiger partial charge in [0.2, 0.25) is 11.8 Å². The fourth-order valence-corrected chi connectivity index (χ4v) is 3.08. The second-order valence-corrected chi connectivity index (χ2v) is 6.43. The minimum Gasteiger partial charge on any atom is -0.379 e. The molecular weight excluding hydrogens is 306 g/mol. The summed E-state index contributed by atoms with van der Waals surface area (Å²) in [5, 5.41) is 2.96. The Hall–Kier alpha value is -1.92. The first-order valence-electron chi connectivity index (χ1n) is 8.57. The van der Waals surface area contributed by atoms with Crippen LogP contribution < -0.4 is 10.2 Å². The third-order valence-corrected chi connectivity index (χ3v) is 4.75. The fraction of sp³-hybridized carbons (Fsp3) is 0.556. The molecule has 1 saturated heterocycles. The SMILES string of the molecule is CN(C(=O)C1CC1C(=O)NCCN1CCOCC1)c1ccccc1. The third-order valence-electron chi connectivity index (χ3n) is 4.75. The van der Waals surface area contributed by atoms with Gasteiger partial charge in [0.15, 0.2) is 0 Å². The van der Waals surface area contributed by atoms with E-state index in [1.54, 1.807) is 11.9 Å². The van der Waals surface area contributed by atoms with Gasteiger partial charge in [-0.2, -0.15) is 0 Å². The van der Waals surface area contributed by atoms with E-state index < -0.39 is 0 Å². The second-order valence-electron chi connectivity index (χ2n) is 6.43. The van der Waals surface area contributed by atoms with E-state index >= 15 is 0 Å². The average molecular weight is 331 g/mol. The number of carbonyl (C=O) groups excluding carboxylic acids is 2. The number of para-hydroxylation sites is 1. The Balaban J connectivity index is 1.41. The molecule has 6 heteroatoms. The van der Waals surface area contributed by atoms with E-state index in [1.165, 1.54) is 0 Å². The van der Waals surface area contributed by atoms with Gasteiger partial charge in [-0.15, -0.1) is 0 Å². The molecule has 1 aromatic carbocycles. The predicted molar refractivity (Wildman–Crippen MR) is 91.7 cm³/mol. The molecule has 0 radical (unpaired) electrons. The number of nitrogens with one attached hydrogen (secondary N) is 1. The summed E-state index contributed by atoms with van der Waals surface area (Å²) in [6.45, 7) is 4.83. The van der Waals surface area contributed by atoms with E-state index in [4.69, 9.17) is 4.74 Å². The highest BCUT2D eigenvalue weighted by Crippen LogP contribution is 2.40. The molecule has 24 heavy (non-hydrogen) atoms. The van der Waals surface area contributed by atoms with Crippen molar-refractivity contribution in [2.75, 3.05) is 51.3 Å². The standard InChI is InChI=1S/C18H25N3O3/c1-20(14-5-3-2-4-6-14)18(23)16-13-15(16)17(22)19-7-8-21-9-11-24-12-10-21/h2-6,15-16H,7-13H2,1H3,(H,19,22). The van der Waals surface area contributed by atoms with Crippen molar-refractivity contribution in [1.82, 2.24) is 10.2 Å². The highest BCUT2D eigenvalue weighted by molar-refractivity contribution is 6.00. The highest BCUT2D eigenvalue weighted by atomic mass is 16.5. The summed E-state index contributed by atoms with van der Waals surface area (Å²) in [5.41, 5.74) is 0.862. The summed E-state index contributed by atoms with van der Waals surface area (Å²) in [6, 6.07) is 9.53. The van der Waals surface area contributed by atoms with Crippen LogP contribution in [0.4, 0.5) is 5.69 Å². The van der Waals surface area contributed by atoms with Gasteiger partial charge < -0.3 is 15.0 Å². The number of hydrogen-bond acceptors (Lipinski definition) is 4. The van der Waals surface area contributed by atoms with Crippen LogP contribution in [-0.2, 0) is 14.3 Å². The van der Waals surface area contributed by atoms with E-state index in [-0.39, 0.29) is 23.7 Å². The molecule has 2 atom stereocenters. The lowest BCUT2D eigenvalue weighted by Crippen LogP contribution is -2.41. The molecule has 2 fully saturated rings. The van der Waals surface area contributed by atoms with Crippen LogP contribution in [0.15, 0.2) is 30.3 Å². The number of rotatable bonds is 6. The number of carbonyl (C=O) groups is 2. The molecule has 2 amide bonds. The lowest BCUT2D eigenvalue weighted by atomic mass is 10.2. The van der Waals surface area contributed by atoms with E-state index in [2.05, 4.69) is 10.2 Å². The van der Waals surface area contributed by atoms with Crippen LogP contribution in [0.5, 0.6) is 0 Å². The first kappa shape index (κ1) is 16.9. The Morgan fingerprint density at radius 2 is 1.92 bits per heavy atom. The largest absolute Gasteiger partial charge is 0.379 e. The van der Waals surface area contributed by atoms with E-state index in [0.29, 0.717) is 13.0 Å². The molecule has 2 unspecified atom stereocenters. The van der Waals surface area contributed by atoms with Crippen molar-refractivity contribution in [2.45, 2.75) is 6.42 Å². The first-order chi connectivity index (χ1) is 11.7. The molecule has 6 nitrogen and oxygen atoms in total. The number of anilines is 1. The van der Waals surface area contributed by atoms with Crippen molar-refractivity contribution in [3.05, 3.63) is 30.3 Å². The zero-order valence-electron chi connectivity index (χ0n) is 14.1. The monoisotopic (exact) mass is 331 g/mol. The van der Waals surface area contributed by atoms with Gasteiger partial charge in [0.05, 0.1) is 25.0 Å². The van der Waals surface area contributed by atoms with Crippen LogP contribution in [0.1, 0.15) is 6.42 Å². The maximum absolute atomic E-state index is 12.5. The molecule has 0 spiro atoms. The number of benzene rings is 1. The Kier molecular flexibility index (Phi) is 5.48. The zero-order valence-corrected chi connectivity index (χ0v) is 14.1. The minimum atomic E-state index is -0.182. The highest BCUT2D eigenvalue weighted by Gasteiger charge is 2.49. The lowest BCUT2D eigenvalue weighted by molar-refractivity contribution is -0.126. The number of morpholine rings is 1. The van der Waals surface area contributed by atoms with E-state index in [9.17, 15) is 9.59 Å². The van der Waals surface area contributed by atoms with Crippen molar-refractivity contribution < 1.29 is 14.3 Å². The Morgan fingerprint density at radius 3 is 2.62 bits per heavy atom. The Bertz CT molecular complexity index is 572. The molecule has 1 N–H and O–H groups in total. The van der Waals surface area contributed by atoms with Crippen LogP contribution in [0.25, 0.3) is 0 Å². The molecule has 1 aliphatic carbocycles. The molecule has 1 saturated carbocycles. The summed E-state index contributed by atoms with van der Waals surface area (Å²) in [6.07, 6.45) is 0.652. The van der Waals surface area contributed by atoms with Gasteiger partial charge >= 0.3 is 0 Å². The van der Waals surface area contributed by atoms with Gasteiger partial charge in [-0.05, 0) is 18.6 Å². The molecular formula is C18H25N3O3. The summed E-state index contributed by atoms with van der Waals surface area (Å²) in [4.78, 5) is 28.6. The zero-order chi connectivity index (χ0) is 16.9. The van der Waals surface area contributed by atoms with Gasteiger partial charge in [-0.3, -0.25) is 14.5 Å². The number of amides is 2. The van der Waals surface area contributed by atoms with Crippen molar-refractivity contribution >= 4 is 17.5 Å². The van der Waals surface area contributed by atoms with Gasteiger partial charge in [-0.1, -0.05) is 18.2 Å². The molecule has 1 heterocycles. The number of hydrogen-bond donors (Lipinski definition) is 1. The van der Waals surface area contributed by atoms with Gasteiger partial charge in [0.1, 0.15) is 0 Å². The van der Waals surface area contributed by atoms with Crippen molar-refractivity contribution in [3.63, 3.8) is 0 Å². The van der Waals surface area contributed by atoms with Crippen LogP contribution in [0.2, 0.25) is 0 Å². The van der Waals surface area contributed by atoms with Gasteiger partial charge in [-0.25, -0.2) is 0 Å². The van der Waals surface area contributed by atoms with Crippen LogP contribution in [0, 0.1) is 11.8 Å². The predicted octanol–water partition coefficient (Wildman–Crippen LogP) is 0.734. The summed E-state index contributed by atoms with van der Waals surface area (Å²) in [7, 11) is 1.77. The molecule has 130 valence electrons. The van der Waals surface area contributed by atoms with Crippen molar-refractivity contribution in [3.8, 4) is 0 Å². The van der Waals surface area contributed by atoms with E-state index in [0.717, 1.165) is 38.5 Å². The fourth-order valence-electron chi connectivity index (χ4n) is 3.08. The van der Waals surface area contributed by atoms with Gasteiger partial charge in [0, 0.05) is 38.9 Å². The maximum atomic E-state index is 12.5. The summed E-state index contributed by atoms with van der Waals surface area (Å²) in [5.74, 6) is -0.329. The van der Waals surface area contributed by atoms with Crippen LogP contribution >= 0.6 is 0 Å². The number of ether oxygens (including phenoxy) is 1. The molecule has 2 aliphatic rings. The Morgan fingerprint density at radius 1 is 1.21 bits per heavy atom. The van der Waals surface area contributed by atoms with Crippen LogP contribution in [-0.4, -0.2) is 63.2 Å². The van der Waals surface area contributed by atoms with Crippen LogP contribution in [0.3, 0.4) is 0 Å². The maximum Gasteiger partial charge on any atom is 0.230 e. The molecule has 0 bridgehead atoms. The van der Waals surface area contributed by atoms with Crippen molar-refractivity contribution in [1.29, 1.82) is 0 Å². The molecule has 1 aromatic rings. The second kappa shape index (κ2) is 7.77. The quantitative estimate of drug-likeness (QED) is 0.835. The molecule has 3 rings (SSSR count). The van der Waals surface area contributed by atoms with Crippen molar-refractivity contribution in [2.24, 2.45) is 11.8 Å². The average Bonchev–Trinajstić information content (AvgIpc) is 3.43. The summed E-state index contributed by atoms with van der Waals surface area (Å²) < 4.78 is 5.30. The number of nitrogens with zero attached hydrogens (tertiary/aromatic N) is 2. The topological polar surface area (TPSA) is 61.9 Å². The van der Waals surface area contributed by atoms with E-state index in [1.807, 2.05) is 30.3 Å². The summed E-state index contributed by atoms with van der Waals surface area (Å²) >= 11 is 0. The smallest absolute Gasteiger partial charge is 0.230 e. The third kappa shape index (κ3) is 4.13. The minimum absolute atomic E-state index is 0.00284. The first-order valence-corrected chi connectivity index (χ1v) is 8.57. The molecule has 0 aromatic heterocycles.